The Labute approximate surface area is 149 Å². The second kappa shape index (κ2) is 8.05. The number of benzene rings is 2. The number of hydrogen-bond acceptors (Lipinski definition) is 3. The lowest BCUT2D eigenvalue weighted by Crippen LogP contribution is -2.21. The van der Waals surface area contributed by atoms with Crippen LogP contribution in [-0.4, -0.2) is 23.6 Å². The number of aliphatic hydroxyl groups is 1. The third-order valence-corrected chi connectivity index (χ3v) is 3.54. The molecule has 1 unspecified atom stereocenters. The summed E-state index contributed by atoms with van der Waals surface area (Å²) in [6.07, 6.45) is -5.90. The van der Waals surface area contributed by atoms with Gasteiger partial charge in [0.1, 0.15) is 5.82 Å². The Hall–Kier alpha value is -2.13. The van der Waals surface area contributed by atoms with Crippen LogP contribution in [0, 0.1) is 17.5 Å². The highest BCUT2D eigenvalue weighted by Gasteiger charge is 2.33. The van der Waals surface area contributed by atoms with Gasteiger partial charge in [-0.15, -0.1) is 11.6 Å². The van der Waals surface area contributed by atoms with E-state index in [0.717, 1.165) is 12.1 Å². The molecular formula is C16H12ClF6NO2. The quantitative estimate of drug-likeness (QED) is 0.535. The van der Waals surface area contributed by atoms with Crippen LogP contribution in [0.1, 0.15) is 5.56 Å². The second-order valence-electron chi connectivity index (χ2n) is 5.20. The molecule has 0 aliphatic carbocycles. The molecule has 0 aromatic heterocycles. The summed E-state index contributed by atoms with van der Waals surface area (Å²) in [6, 6.07) is 3.11. The lowest BCUT2D eigenvalue weighted by atomic mass is 10.2. The van der Waals surface area contributed by atoms with Crippen molar-refractivity contribution in [2.24, 2.45) is 0 Å². The molecule has 10 heteroatoms. The summed E-state index contributed by atoms with van der Waals surface area (Å²) in [6.45, 7) is -0.0799. The molecule has 1 atom stereocenters. The fourth-order valence-electron chi connectivity index (χ4n) is 1.94. The number of nitrogens with one attached hydrogen (secondary N) is 1. The maximum atomic E-state index is 13.9. The Morgan fingerprint density at radius 3 is 2.23 bits per heavy atom. The molecular weight excluding hydrogens is 388 g/mol. The molecule has 0 spiro atoms. The van der Waals surface area contributed by atoms with Crippen molar-refractivity contribution in [3.63, 3.8) is 0 Å². The molecule has 26 heavy (non-hydrogen) atoms. The zero-order valence-corrected chi connectivity index (χ0v) is 13.6. The van der Waals surface area contributed by atoms with Gasteiger partial charge >= 0.3 is 6.18 Å². The normalized spacial score (nSPS) is 12.8. The van der Waals surface area contributed by atoms with Crippen molar-refractivity contribution in [2.75, 3.05) is 17.7 Å². The molecule has 0 bridgehead atoms. The largest absolute Gasteiger partial charge is 0.449 e. The molecule has 142 valence electrons. The minimum absolute atomic E-state index is 0.0502. The molecule has 0 fully saturated rings. The van der Waals surface area contributed by atoms with Gasteiger partial charge in [0, 0.05) is 12.6 Å². The molecule has 2 aromatic rings. The monoisotopic (exact) mass is 399 g/mol. The van der Waals surface area contributed by atoms with Crippen LogP contribution in [0.3, 0.4) is 0 Å². The zero-order chi connectivity index (χ0) is 19.5. The number of alkyl halides is 4. The first kappa shape index (κ1) is 20.2. The Kier molecular flexibility index (Phi) is 6.25. The van der Waals surface area contributed by atoms with E-state index in [1.807, 2.05) is 0 Å². The Morgan fingerprint density at radius 1 is 1.08 bits per heavy atom. The van der Waals surface area contributed by atoms with E-state index in [0.29, 0.717) is 0 Å². The first-order valence-electron chi connectivity index (χ1n) is 7.13. The van der Waals surface area contributed by atoms with Gasteiger partial charge < -0.3 is 15.2 Å². The van der Waals surface area contributed by atoms with Crippen LogP contribution in [0.15, 0.2) is 30.3 Å². The van der Waals surface area contributed by atoms with Crippen LogP contribution in [0.25, 0.3) is 0 Å². The van der Waals surface area contributed by atoms with Gasteiger partial charge in [0.2, 0.25) is 0 Å². The topological polar surface area (TPSA) is 41.5 Å². The first-order valence-corrected chi connectivity index (χ1v) is 7.66. The van der Waals surface area contributed by atoms with Gasteiger partial charge in [-0.2, -0.15) is 13.2 Å². The Morgan fingerprint density at radius 2 is 1.69 bits per heavy atom. The highest BCUT2D eigenvalue weighted by molar-refractivity contribution is 6.18. The summed E-state index contributed by atoms with van der Waals surface area (Å²) in [5, 5.41) is 12.0. The maximum absolute atomic E-state index is 13.9. The number of halogens is 7. The van der Waals surface area contributed by atoms with Gasteiger partial charge in [-0.25, -0.2) is 13.2 Å². The predicted octanol–water partition coefficient (Wildman–Crippen LogP) is 4.93. The number of rotatable bonds is 6. The van der Waals surface area contributed by atoms with E-state index in [-0.39, 0.29) is 36.0 Å². The third-order valence-electron chi connectivity index (χ3n) is 3.19. The minimum Gasteiger partial charge on any atom is -0.449 e. The molecule has 0 aliphatic heterocycles. The number of ether oxygens (including phenoxy) is 1. The van der Waals surface area contributed by atoms with Crippen LogP contribution < -0.4 is 10.1 Å². The summed E-state index contributed by atoms with van der Waals surface area (Å²) in [4.78, 5) is 0. The van der Waals surface area contributed by atoms with E-state index in [1.54, 1.807) is 0 Å². The average Bonchev–Trinajstić information content (AvgIpc) is 2.55. The van der Waals surface area contributed by atoms with Gasteiger partial charge in [-0.3, -0.25) is 0 Å². The van der Waals surface area contributed by atoms with Crippen LogP contribution in [0.4, 0.5) is 32.0 Å². The molecule has 0 saturated heterocycles. The molecule has 0 radical (unpaired) electrons. The van der Waals surface area contributed by atoms with Gasteiger partial charge in [-0.1, -0.05) is 0 Å². The van der Waals surface area contributed by atoms with Gasteiger partial charge in [0.15, 0.2) is 23.1 Å². The Bertz CT molecular complexity index is 761. The number of anilines is 1. The Balaban J connectivity index is 2.34. The molecule has 3 nitrogen and oxygen atoms in total. The third kappa shape index (κ3) is 4.95. The molecule has 0 saturated carbocycles. The highest BCUT2D eigenvalue weighted by atomic mass is 35.5. The molecule has 2 rings (SSSR count). The van der Waals surface area contributed by atoms with Crippen molar-refractivity contribution >= 4 is 17.3 Å². The lowest BCUT2D eigenvalue weighted by molar-refractivity contribution is -0.138. The standard InChI is InChI=1S/C16H12ClF6NO2/c17-6-10(25)7-24-13-2-1-9(18)5-14(13)26-15-11(19)3-8(4-12(15)20)16(21,22)23/h1-5,10,24-25H,6-7H2. The van der Waals surface area contributed by atoms with Gasteiger partial charge in [-0.05, 0) is 24.3 Å². The van der Waals surface area contributed by atoms with E-state index >= 15 is 0 Å². The predicted molar refractivity (Wildman–Crippen MR) is 83.1 cm³/mol. The van der Waals surface area contributed by atoms with Crippen molar-refractivity contribution in [3.05, 3.63) is 53.3 Å². The molecule has 0 heterocycles. The van der Waals surface area contributed by atoms with E-state index in [4.69, 9.17) is 16.3 Å². The van der Waals surface area contributed by atoms with E-state index < -0.39 is 41.0 Å². The summed E-state index contributed by atoms with van der Waals surface area (Å²) >= 11 is 5.43. The highest BCUT2D eigenvalue weighted by Crippen LogP contribution is 2.37. The molecule has 2 N–H and O–H groups in total. The summed E-state index contributed by atoms with van der Waals surface area (Å²) in [5.74, 6) is -5.63. The van der Waals surface area contributed by atoms with E-state index in [1.165, 1.54) is 6.07 Å². The average molecular weight is 400 g/mol. The van der Waals surface area contributed by atoms with Gasteiger partial charge in [0.05, 0.1) is 23.2 Å². The first-order chi connectivity index (χ1) is 12.1. The summed E-state index contributed by atoms with van der Waals surface area (Å²) < 4.78 is 83.9. The summed E-state index contributed by atoms with van der Waals surface area (Å²) in [5.41, 5.74) is -1.48. The molecule has 0 amide bonds. The van der Waals surface area contributed by atoms with E-state index in [9.17, 15) is 31.4 Å². The van der Waals surface area contributed by atoms with Crippen molar-refractivity contribution in [1.82, 2.24) is 0 Å². The zero-order valence-electron chi connectivity index (χ0n) is 12.9. The van der Waals surface area contributed by atoms with E-state index in [2.05, 4.69) is 5.32 Å². The summed E-state index contributed by atoms with van der Waals surface area (Å²) in [7, 11) is 0. The van der Waals surface area contributed by atoms with Crippen molar-refractivity contribution < 1.29 is 36.2 Å². The van der Waals surface area contributed by atoms with Crippen LogP contribution in [0.2, 0.25) is 0 Å². The van der Waals surface area contributed by atoms with Gasteiger partial charge in [0.25, 0.3) is 0 Å². The minimum atomic E-state index is -4.94. The maximum Gasteiger partial charge on any atom is 0.416 e. The number of aliphatic hydroxyl groups excluding tert-OH is 1. The van der Waals surface area contributed by atoms with Crippen molar-refractivity contribution in [1.29, 1.82) is 0 Å². The van der Waals surface area contributed by atoms with Crippen molar-refractivity contribution in [2.45, 2.75) is 12.3 Å². The van der Waals surface area contributed by atoms with Crippen LogP contribution >= 0.6 is 11.6 Å². The fraction of sp³-hybridized carbons (Fsp3) is 0.250. The van der Waals surface area contributed by atoms with Crippen LogP contribution in [-0.2, 0) is 6.18 Å². The van der Waals surface area contributed by atoms with Crippen molar-refractivity contribution in [3.8, 4) is 11.5 Å². The SMILES string of the molecule is OC(CCl)CNc1ccc(F)cc1Oc1c(F)cc(C(F)(F)F)cc1F. The lowest BCUT2D eigenvalue weighted by Gasteiger charge is -2.16. The number of hydrogen-bond donors (Lipinski definition) is 2. The van der Waals surface area contributed by atoms with Crippen LogP contribution in [0.5, 0.6) is 11.5 Å². The molecule has 0 aliphatic rings. The smallest absolute Gasteiger partial charge is 0.416 e. The fourth-order valence-corrected chi connectivity index (χ4v) is 2.05. The second-order valence-corrected chi connectivity index (χ2v) is 5.51. The molecule has 2 aromatic carbocycles.